The zero-order valence-electron chi connectivity index (χ0n) is 12.4. The highest BCUT2D eigenvalue weighted by Gasteiger charge is 2.24. The van der Waals surface area contributed by atoms with Crippen LogP contribution in [0.5, 0.6) is 5.75 Å². The molecule has 2 aromatic rings. The van der Waals surface area contributed by atoms with Crippen LogP contribution in [0.15, 0.2) is 24.4 Å². The van der Waals surface area contributed by atoms with Gasteiger partial charge in [0.25, 0.3) is 0 Å². The number of hydrogen-bond acceptors (Lipinski definition) is 3. The summed E-state index contributed by atoms with van der Waals surface area (Å²) in [5.41, 5.74) is 1.87. The van der Waals surface area contributed by atoms with E-state index in [0.29, 0.717) is 10.0 Å². The molecule has 0 spiro atoms. The first-order valence-electron chi connectivity index (χ1n) is 6.90. The molecule has 6 heteroatoms. The summed E-state index contributed by atoms with van der Waals surface area (Å²) in [6.07, 6.45) is 1.72. The van der Waals surface area contributed by atoms with Crippen molar-refractivity contribution in [3.05, 3.63) is 45.7 Å². The van der Waals surface area contributed by atoms with Crippen LogP contribution in [0.2, 0.25) is 10.0 Å². The predicted octanol–water partition coefficient (Wildman–Crippen LogP) is 3.92. The summed E-state index contributed by atoms with van der Waals surface area (Å²) in [5.74, 6) is 0.735. The average molecular weight is 328 g/mol. The van der Waals surface area contributed by atoms with E-state index in [2.05, 4.69) is 10.4 Å². The minimum atomic E-state index is -0.126. The van der Waals surface area contributed by atoms with Crippen molar-refractivity contribution in [1.29, 1.82) is 0 Å². The van der Waals surface area contributed by atoms with E-state index in [1.54, 1.807) is 19.4 Å². The van der Waals surface area contributed by atoms with Crippen molar-refractivity contribution >= 4 is 23.2 Å². The van der Waals surface area contributed by atoms with Crippen molar-refractivity contribution in [1.82, 2.24) is 15.1 Å². The Morgan fingerprint density at radius 3 is 2.71 bits per heavy atom. The summed E-state index contributed by atoms with van der Waals surface area (Å²) in [7, 11) is 1.64. The standard InChI is InChI=1S/C15H19Cl2N3O/c1-4-18-14(11-8-10(16)6-7-12(11)17)15-13(21-3)9-19-20(15)5-2/h6-9,14,18H,4-5H2,1-3H3. The topological polar surface area (TPSA) is 39.1 Å². The van der Waals surface area contributed by atoms with Crippen LogP contribution in [0.4, 0.5) is 0 Å². The first-order chi connectivity index (χ1) is 10.1. The van der Waals surface area contributed by atoms with Crippen molar-refractivity contribution in [3.8, 4) is 5.75 Å². The van der Waals surface area contributed by atoms with Gasteiger partial charge in [-0.05, 0) is 37.2 Å². The van der Waals surface area contributed by atoms with Crippen LogP contribution in [-0.4, -0.2) is 23.4 Å². The first kappa shape index (κ1) is 16.1. The van der Waals surface area contributed by atoms with Crippen LogP contribution >= 0.6 is 23.2 Å². The third-order valence-corrected chi connectivity index (χ3v) is 3.89. The number of nitrogens with one attached hydrogen (secondary N) is 1. The zero-order chi connectivity index (χ0) is 15.4. The Bertz CT molecular complexity index is 591. The molecule has 0 bridgehead atoms. The molecule has 2 rings (SSSR count). The Balaban J connectivity index is 2.58. The van der Waals surface area contributed by atoms with Gasteiger partial charge in [0.1, 0.15) is 5.69 Å². The van der Waals surface area contributed by atoms with E-state index in [-0.39, 0.29) is 6.04 Å². The lowest BCUT2D eigenvalue weighted by molar-refractivity contribution is 0.399. The van der Waals surface area contributed by atoms with E-state index in [4.69, 9.17) is 27.9 Å². The highest BCUT2D eigenvalue weighted by atomic mass is 35.5. The number of rotatable bonds is 6. The van der Waals surface area contributed by atoms with Crippen LogP contribution in [0.1, 0.15) is 31.1 Å². The SMILES string of the molecule is CCNC(c1cc(Cl)ccc1Cl)c1c(OC)cnn1CC. The first-order valence-corrected chi connectivity index (χ1v) is 7.65. The molecule has 0 radical (unpaired) electrons. The molecule has 0 aliphatic carbocycles. The lowest BCUT2D eigenvalue weighted by Gasteiger charge is -2.22. The number of aromatic nitrogens is 2. The Morgan fingerprint density at radius 1 is 1.33 bits per heavy atom. The van der Waals surface area contributed by atoms with Gasteiger partial charge in [0.05, 0.1) is 19.3 Å². The Labute approximate surface area is 135 Å². The second kappa shape index (κ2) is 7.16. The maximum Gasteiger partial charge on any atom is 0.161 e. The van der Waals surface area contributed by atoms with Crippen molar-refractivity contribution in [2.24, 2.45) is 0 Å². The molecule has 0 saturated carbocycles. The Kier molecular flexibility index (Phi) is 5.51. The van der Waals surface area contributed by atoms with Crippen molar-refractivity contribution in [3.63, 3.8) is 0 Å². The van der Waals surface area contributed by atoms with Gasteiger partial charge in [-0.3, -0.25) is 4.68 Å². The maximum atomic E-state index is 6.37. The van der Waals surface area contributed by atoms with E-state index in [1.165, 1.54) is 0 Å². The fraction of sp³-hybridized carbons (Fsp3) is 0.400. The van der Waals surface area contributed by atoms with E-state index in [1.807, 2.05) is 30.7 Å². The van der Waals surface area contributed by atoms with Gasteiger partial charge in [-0.1, -0.05) is 30.1 Å². The summed E-state index contributed by atoms with van der Waals surface area (Å²) in [4.78, 5) is 0. The molecule has 1 aromatic heterocycles. The van der Waals surface area contributed by atoms with E-state index in [9.17, 15) is 0 Å². The molecular weight excluding hydrogens is 309 g/mol. The summed E-state index contributed by atoms with van der Waals surface area (Å²) < 4.78 is 7.35. The quantitative estimate of drug-likeness (QED) is 0.874. The number of aryl methyl sites for hydroxylation is 1. The van der Waals surface area contributed by atoms with Crippen LogP contribution < -0.4 is 10.1 Å². The zero-order valence-corrected chi connectivity index (χ0v) is 13.9. The van der Waals surface area contributed by atoms with Gasteiger partial charge in [-0.15, -0.1) is 0 Å². The minimum Gasteiger partial charge on any atom is -0.493 e. The van der Waals surface area contributed by atoms with Gasteiger partial charge in [0.2, 0.25) is 0 Å². The predicted molar refractivity (Wildman–Crippen MR) is 86.4 cm³/mol. The third-order valence-electron chi connectivity index (χ3n) is 3.32. The third kappa shape index (κ3) is 3.34. The molecule has 0 aliphatic heterocycles. The fourth-order valence-corrected chi connectivity index (χ4v) is 2.78. The van der Waals surface area contributed by atoms with Gasteiger partial charge < -0.3 is 10.1 Å². The normalized spacial score (nSPS) is 12.4. The molecule has 1 aromatic carbocycles. The number of nitrogens with zero attached hydrogens (tertiary/aromatic N) is 2. The number of methoxy groups -OCH3 is 1. The van der Waals surface area contributed by atoms with Gasteiger partial charge in [0.15, 0.2) is 5.75 Å². The maximum absolute atomic E-state index is 6.37. The summed E-state index contributed by atoms with van der Waals surface area (Å²) >= 11 is 12.5. The summed E-state index contributed by atoms with van der Waals surface area (Å²) in [5, 5.41) is 9.11. The van der Waals surface area contributed by atoms with Gasteiger partial charge >= 0.3 is 0 Å². The molecule has 1 unspecified atom stereocenters. The van der Waals surface area contributed by atoms with Crippen molar-refractivity contribution in [2.75, 3.05) is 13.7 Å². The number of halogens is 2. The lowest BCUT2D eigenvalue weighted by atomic mass is 10.0. The largest absolute Gasteiger partial charge is 0.493 e. The molecule has 0 fully saturated rings. The van der Waals surface area contributed by atoms with Gasteiger partial charge in [-0.2, -0.15) is 5.10 Å². The Morgan fingerprint density at radius 2 is 2.10 bits per heavy atom. The number of hydrogen-bond donors (Lipinski definition) is 1. The Hall–Kier alpha value is -1.23. The van der Waals surface area contributed by atoms with Gasteiger partial charge in [0, 0.05) is 16.6 Å². The summed E-state index contributed by atoms with van der Waals surface area (Å²) in [6, 6.07) is 5.34. The van der Waals surface area contributed by atoms with Crippen LogP contribution in [0, 0.1) is 0 Å². The highest BCUT2D eigenvalue weighted by Crippen LogP contribution is 2.35. The van der Waals surface area contributed by atoms with Crippen LogP contribution in [0.25, 0.3) is 0 Å². The van der Waals surface area contributed by atoms with E-state index in [0.717, 1.165) is 30.1 Å². The molecule has 0 aliphatic rings. The molecule has 1 atom stereocenters. The smallest absolute Gasteiger partial charge is 0.161 e. The molecule has 4 nitrogen and oxygen atoms in total. The van der Waals surface area contributed by atoms with Gasteiger partial charge in [-0.25, -0.2) is 0 Å². The second-order valence-corrected chi connectivity index (χ2v) is 5.41. The molecule has 1 heterocycles. The van der Waals surface area contributed by atoms with Crippen molar-refractivity contribution in [2.45, 2.75) is 26.4 Å². The average Bonchev–Trinajstić information content (AvgIpc) is 2.90. The lowest BCUT2D eigenvalue weighted by Crippen LogP contribution is -2.25. The number of benzene rings is 1. The number of ether oxygens (including phenoxy) is 1. The van der Waals surface area contributed by atoms with Crippen LogP contribution in [0.3, 0.4) is 0 Å². The second-order valence-electron chi connectivity index (χ2n) is 4.57. The monoisotopic (exact) mass is 327 g/mol. The molecule has 114 valence electrons. The van der Waals surface area contributed by atoms with Crippen LogP contribution in [-0.2, 0) is 6.54 Å². The van der Waals surface area contributed by atoms with Crippen molar-refractivity contribution < 1.29 is 4.74 Å². The van der Waals surface area contributed by atoms with E-state index >= 15 is 0 Å². The molecule has 1 N–H and O–H groups in total. The highest BCUT2D eigenvalue weighted by molar-refractivity contribution is 6.33. The van der Waals surface area contributed by atoms with E-state index < -0.39 is 0 Å². The molecule has 0 amide bonds. The fourth-order valence-electron chi connectivity index (χ4n) is 2.37. The molecular formula is C15H19Cl2N3O. The molecule has 21 heavy (non-hydrogen) atoms. The summed E-state index contributed by atoms with van der Waals surface area (Å²) in [6.45, 7) is 5.62. The minimum absolute atomic E-state index is 0.126. The molecule has 0 saturated heterocycles.